The third-order valence-corrected chi connectivity index (χ3v) is 5.29. The van der Waals surface area contributed by atoms with Crippen molar-refractivity contribution in [3.8, 4) is 0 Å². The normalized spacial score (nSPS) is 18.3. The molecule has 0 aliphatic carbocycles. The van der Waals surface area contributed by atoms with Gasteiger partial charge < -0.3 is 13.9 Å². The van der Waals surface area contributed by atoms with Gasteiger partial charge in [-0.25, -0.2) is 9.78 Å². The van der Waals surface area contributed by atoms with Gasteiger partial charge >= 0.3 is 5.63 Å². The number of rotatable bonds is 5. The Kier molecular flexibility index (Phi) is 4.87. The van der Waals surface area contributed by atoms with Crippen LogP contribution in [0.15, 0.2) is 70.0 Å². The highest BCUT2D eigenvalue weighted by Crippen LogP contribution is 2.28. The summed E-state index contributed by atoms with van der Waals surface area (Å²) >= 11 is 0. The van der Waals surface area contributed by atoms with Gasteiger partial charge in [-0.05, 0) is 37.0 Å². The molecule has 1 aliphatic rings. The fourth-order valence-electron chi connectivity index (χ4n) is 3.85. The van der Waals surface area contributed by atoms with E-state index in [2.05, 4.69) is 4.98 Å². The van der Waals surface area contributed by atoms with E-state index in [-0.39, 0.29) is 12.4 Å². The first-order valence-corrected chi connectivity index (χ1v) is 10.00. The molecule has 4 heterocycles. The Labute approximate surface area is 167 Å². The number of hydrogen-bond donors (Lipinski definition) is 0. The highest BCUT2D eigenvalue weighted by molar-refractivity contribution is 5.79. The third-order valence-electron chi connectivity index (χ3n) is 5.29. The molecule has 0 amide bonds. The number of fused-ring (bicyclic) bond motifs is 3. The van der Waals surface area contributed by atoms with Crippen LogP contribution in [0.4, 0.5) is 0 Å². The van der Waals surface area contributed by atoms with Crippen LogP contribution in [-0.4, -0.2) is 22.3 Å². The van der Waals surface area contributed by atoms with Gasteiger partial charge in [0.2, 0.25) is 0 Å². The highest BCUT2D eigenvalue weighted by atomic mass is 16.7. The molecule has 0 spiro atoms. The van der Waals surface area contributed by atoms with Crippen LogP contribution in [0.25, 0.3) is 16.7 Å². The van der Waals surface area contributed by atoms with E-state index in [4.69, 9.17) is 13.9 Å². The van der Waals surface area contributed by atoms with Gasteiger partial charge in [0.25, 0.3) is 0 Å². The summed E-state index contributed by atoms with van der Waals surface area (Å²) in [6.45, 7) is 0.717. The maximum Gasteiger partial charge on any atom is 0.364 e. The smallest absolute Gasteiger partial charge is 0.364 e. The Morgan fingerprint density at radius 3 is 2.83 bits per heavy atom. The molecule has 1 fully saturated rings. The lowest BCUT2D eigenvalue weighted by atomic mass is 10.0. The molecule has 0 N–H and O–H groups in total. The molecule has 0 saturated carbocycles. The van der Waals surface area contributed by atoms with Gasteiger partial charge in [-0.3, -0.25) is 4.40 Å². The van der Waals surface area contributed by atoms with E-state index in [9.17, 15) is 4.79 Å². The monoisotopic (exact) mass is 390 g/mol. The molecule has 2 atom stereocenters. The van der Waals surface area contributed by atoms with Crippen LogP contribution in [0.2, 0.25) is 0 Å². The average Bonchev–Trinajstić information content (AvgIpc) is 3.14. The van der Waals surface area contributed by atoms with Crippen molar-refractivity contribution in [1.82, 2.24) is 9.38 Å². The van der Waals surface area contributed by atoms with Gasteiger partial charge in [-0.1, -0.05) is 36.4 Å². The number of aromatic nitrogens is 2. The molecule has 0 bridgehead atoms. The van der Waals surface area contributed by atoms with Gasteiger partial charge in [0, 0.05) is 25.3 Å². The van der Waals surface area contributed by atoms with Crippen LogP contribution in [0, 0.1) is 0 Å². The van der Waals surface area contributed by atoms with Crippen molar-refractivity contribution in [1.29, 1.82) is 0 Å². The minimum atomic E-state index is -0.429. The zero-order valence-corrected chi connectivity index (χ0v) is 16.0. The first kappa shape index (κ1) is 18.1. The van der Waals surface area contributed by atoms with Crippen molar-refractivity contribution in [3.63, 3.8) is 0 Å². The zero-order valence-electron chi connectivity index (χ0n) is 16.0. The lowest BCUT2D eigenvalue weighted by Gasteiger charge is -2.28. The highest BCUT2D eigenvalue weighted by Gasteiger charge is 2.23. The van der Waals surface area contributed by atoms with Crippen molar-refractivity contribution < 1.29 is 13.9 Å². The Balaban J connectivity index is 1.51. The van der Waals surface area contributed by atoms with E-state index < -0.39 is 5.63 Å². The minimum absolute atomic E-state index is 0.236. The molecule has 2 unspecified atom stereocenters. The summed E-state index contributed by atoms with van der Waals surface area (Å²) in [5.74, 6) is 0.567. The molecular formula is C23H22N2O4. The fraction of sp³-hybridized carbons (Fsp3) is 0.304. The van der Waals surface area contributed by atoms with Crippen molar-refractivity contribution in [2.45, 2.75) is 38.1 Å². The number of pyridine rings is 1. The molecule has 1 aliphatic heterocycles. The van der Waals surface area contributed by atoms with E-state index in [0.717, 1.165) is 42.6 Å². The summed E-state index contributed by atoms with van der Waals surface area (Å²) in [5, 5.41) is 0. The molecule has 6 nitrogen and oxygen atoms in total. The third kappa shape index (κ3) is 3.69. The van der Waals surface area contributed by atoms with Crippen LogP contribution >= 0.6 is 0 Å². The van der Waals surface area contributed by atoms with Crippen molar-refractivity contribution in [2.24, 2.45) is 0 Å². The Morgan fingerprint density at radius 1 is 1.14 bits per heavy atom. The Bertz CT molecular complexity index is 1180. The van der Waals surface area contributed by atoms with Crippen molar-refractivity contribution >= 4 is 16.7 Å². The van der Waals surface area contributed by atoms with Crippen LogP contribution in [0.1, 0.15) is 36.7 Å². The fourth-order valence-corrected chi connectivity index (χ4v) is 3.85. The quantitative estimate of drug-likeness (QED) is 0.509. The molecule has 4 aromatic rings. The predicted molar refractivity (Wildman–Crippen MR) is 109 cm³/mol. The number of imidazole rings is 1. The second-order valence-electron chi connectivity index (χ2n) is 7.31. The van der Waals surface area contributed by atoms with Crippen molar-refractivity contribution in [2.75, 3.05) is 6.61 Å². The zero-order chi connectivity index (χ0) is 19.6. The molecule has 29 heavy (non-hydrogen) atoms. The average molecular weight is 390 g/mol. The minimum Gasteiger partial charge on any atom is -0.426 e. The maximum atomic E-state index is 12.6. The Morgan fingerprint density at radius 2 is 2.00 bits per heavy atom. The lowest BCUT2D eigenvalue weighted by molar-refractivity contribution is -0.190. The van der Waals surface area contributed by atoms with Gasteiger partial charge in [-0.2, -0.15) is 0 Å². The van der Waals surface area contributed by atoms with Crippen LogP contribution in [0.3, 0.4) is 0 Å². The first-order chi connectivity index (χ1) is 14.3. The van der Waals surface area contributed by atoms with E-state index >= 15 is 0 Å². The van der Waals surface area contributed by atoms with Crippen LogP contribution < -0.4 is 5.63 Å². The topological polar surface area (TPSA) is 66.0 Å². The molecule has 1 aromatic carbocycles. The number of nitrogens with zero attached hydrogens (tertiary/aromatic N) is 2. The van der Waals surface area contributed by atoms with Crippen LogP contribution in [0.5, 0.6) is 0 Å². The molecule has 5 rings (SSSR count). The molecule has 3 aromatic heterocycles. The van der Waals surface area contributed by atoms with Gasteiger partial charge in [0.05, 0.1) is 11.6 Å². The molecule has 6 heteroatoms. The SMILES string of the molecule is O=c1oc(CC(OC2CCCCO2)c2ccccc2)cc2c1nc1ccccn12. The lowest BCUT2D eigenvalue weighted by Crippen LogP contribution is -2.25. The predicted octanol–water partition coefficient (Wildman–Crippen LogP) is 4.27. The Hall–Kier alpha value is -2.96. The van der Waals surface area contributed by atoms with Gasteiger partial charge in [-0.15, -0.1) is 0 Å². The summed E-state index contributed by atoms with van der Waals surface area (Å²) in [6, 6.07) is 17.6. The molecular weight excluding hydrogens is 368 g/mol. The van der Waals surface area contributed by atoms with Crippen molar-refractivity contribution in [3.05, 3.63) is 82.5 Å². The van der Waals surface area contributed by atoms with E-state index in [1.165, 1.54) is 0 Å². The second-order valence-corrected chi connectivity index (χ2v) is 7.31. The van der Waals surface area contributed by atoms with E-state index in [1.54, 1.807) is 0 Å². The summed E-state index contributed by atoms with van der Waals surface area (Å²) in [7, 11) is 0. The number of ether oxygens (including phenoxy) is 2. The van der Waals surface area contributed by atoms with Gasteiger partial charge in [0.15, 0.2) is 11.8 Å². The number of hydrogen-bond acceptors (Lipinski definition) is 5. The number of benzene rings is 1. The summed E-state index contributed by atoms with van der Waals surface area (Å²) in [5.41, 5.74) is 2.41. The first-order valence-electron chi connectivity index (χ1n) is 10.00. The van der Waals surface area contributed by atoms with Gasteiger partial charge in [0.1, 0.15) is 11.4 Å². The van der Waals surface area contributed by atoms with E-state index in [0.29, 0.717) is 17.7 Å². The standard InChI is InChI=1S/C23H22N2O4/c26-23-22-18(25-12-6-4-10-20(25)24-22)14-17(28-23)15-19(16-8-2-1-3-9-16)29-21-11-5-7-13-27-21/h1-4,6,8-10,12,14,19,21H,5,7,11,13,15H2. The molecule has 1 saturated heterocycles. The largest absolute Gasteiger partial charge is 0.426 e. The maximum absolute atomic E-state index is 12.6. The molecule has 148 valence electrons. The van der Waals surface area contributed by atoms with Crippen LogP contribution in [-0.2, 0) is 15.9 Å². The summed E-state index contributed by atoms with van der Waals surface area (Å²) in [6.07, 6.45) is 4.87. The summed E-state index contributed by atoms with van der Waals surface area (Å²) in [4.78, 5) is 17.0. The second kappa shape index (κ2) is 7.81. The van der Waals surface area contributed by atoms with E-state index in [1.807, 2.05) is 65.2 Å². The summed E-state index contributed by atoms with van der Waals surface area (Å²) < 4.78 is 19.6. The molecule has 0 radical (unpaired) electrons.